The number of carbonyl (C=O) groups is 1. The fraction of sp³-hybridized carbons (Fsp3) is 0.450. The Morgan fingerprint density at radius 3 is 2.71 bits per heavy atom. The molecule has 1 saturated heterocycles. The number of aliphatic hydroxyl groups excluding tert-OH is 1. The Kier molecular flexibility index (Phi) is 5.17. The van der Waals surface area contributed by atoms with E-state index < -0.39 is 12.2 Å². The van der Waals surface area contributed by atoms with Gasteiger partial charge in [0.05, 0.1) is 19.1 Å². The molecule has 0 radical (unpaired) electrons. The third kappa shape index (κ3) is 3.60. The molecular weight excluding hydrogens is 304 g/mol. The SMILES string of the molecule is CC(C)C1CC(C(O)COCc2cccc3ccccc23)OC1=O. The summed E-state index contributed by atoms with van der Waals surface area (Å²) in [5.41, 5.74) is 1.09. The lowest BCUT2D eigenvalue weighted by Gasteiger charge is -2.17. The van der Waals surface area contributed by atoms with Crippen molar-refractivity contribution in [2.75, 3.05) is 6.61 Å². The van der Waals surface area contributed by atoms with Crippen LogP contribution in [0, 0.1) is 11.8 Å². The first-order valence-corrected chi connectivity index (χ1v) is 8.49. The lowest BCUT2D eigenvalue weighted by Crippen LogP contribution is -2.30. The lowest BCUT2D eigenvalue weighted by molar-refractivity contribution is -0.150. The number of cyclic esters (lactones) is 1. The maximum absolute atomic E-state index is 11.8. The van der Waals surface area contributed by atoms with Crippen LogP contribution in [0.15, 0.2) is 42.5 Å². The van der Waals surface area contributed by atoms with E-state index >= 15 is 0 Å². The Morgan fingerprint density at radius 1 is 1.21 bits per heavy atom. The van der Waals surface area contributed by atoms with Crippen molar-refractivity contribution in [3.05, 3.63) is 48.0 Å². The predicted octanol–water partition coefficient (Wildman–Crippen LogP) is 3.31. The Morgan fingerprint density at radius 2 is 1.96 bits per heavy atom. The summed E-state index contributed by atoms with van der Waals surface area (Å²) in [4.78, 5) is 11.8. The lowest BCUT2D eigenvalue weighted by atomic mass is 9.91. The molecule has 1 fully saturated rings. The third-order valence-corrected chi connectivity index (χ3v) is 4.72. The third-order valence-electron chi connectivity index (χ3n) is 4.72. The molecule has 4 nitrogen and oxygen atoms in total. The Bertz CT molecular complexity index is 704. The highest BCUT2D eigenvalue weighted by Gasteiger charge is 2.39. The fourth-order valence-corrected chi connectivity index (χ4v) is 3.23. The van der Waals surface area contributed by atoms with Crippen molar-refractivity contribution in [1.82, 2.24) is 0 Å². The molecule has 3 rings (SSSR count). The van der Waals surface area contributed by atoms with E-state index in [1.807, 2.05) is 38.1 Å². The van der Waals surface area contributed by atoms with E-state index in [0.717, 1.165) is 10.9 Å². The first kappa shape index (κ1) is 16.9. The quantitative estimate of drug-likeness (QED) is 0.827. The minimum Gasteiger partial charge on any atom is -0.459 e. The molecule has 1 N–H and O–H groups in total. The number of rotatable bonds is 6. The van der Waals surface area contributed by atoms with Gasteiger partial charge in [-0.1, -0.05) is 56.3 Å². The van der Waals surface area contributed by atoms with Crippen LogP contribution in [0.25, 0.3) is 10.8 Å². The largest absolute Gasteiger partial charge is 0.459 e. The van der Waals surface area contributed by atoms with Crippen molar-refractivity contribution in [2.45, 2.75) is 39.1 Å². The summed E-state index contributed by atoms with van der Waals surface area (Å²) in [5.74, 6) is -0.0999. The van der Waals surface area contributed by atoms with Gasteiger partial charge in [0.15, 0.2) is 0 Å². The van der Waals surface area contributed by atoms with E-state index in [4.69, 9.17) is 9.47 Å². The zero-order valence-corrected chi connectivity index (χ0v) is 14.1. The molecule has 0 bridgehead atoms. The zero-order chi connectivity index (χ0) is 17.1. The number of aliphatic hydroxyl groups is 1. The minimum atomic E-state index is -0.785. The average molecular weight is 328 g/mol. The van der Waals surface area contributed by atoms with Gasteiger partial charge in [0.2, 0.25) is 0 Å². The average Bonchev–Trinajstić information content (AvgIpc) is 2.97. The second kappa shape index (κ2) is 7.32. The van der Waals surface area contributed by atoms with Gasteiger partial charge < -0.3 is 14.6 Å². The number of ether oxygens (including phenoxy) is 2. The van der Waals surface area contributed by atoms with Crippen molar-refractivity contribution in [3.8, 4) is 0 Å². The van der Waals surface area contributed by atoms with E-state index in [2.05, 4.69) is 18.2 Å². The molecule has 3 unspecified atom stereocenters. The van der Waals surface area contributed by atoms with Gasteiger partial charge in [0, 0.05) is 6.42 Å². The monoisotopic (exact) mass is 328 g/mol. The molecule has 2 aromatic rings. The molecule has 2 aromatic carbocycles. The fourth-order valence-electron chi connectivity index (χ4n) is 3.23. The van der Waals surface area contributed by atoms with Gasteiger partial charge in [0.25, 0.3) is 0 Å². The number of benzene rings is 2. The second-order valence-corrected chi connectivity index (χ2v) is 6.78. The van der Waals surface area contributed by atoms with Crippen LogP contribution in [0.5, 0.6) is 0 Å². The highest BCUT2D eigenvalue weighted by molar-refractivity contribution is 5.85. The Balaban J connectivity index is 1.55. The highest BCUT2D eigenvalue weighted by atomic mass is 16.6. The summed E-state index contributed by atoms with van der Waals surface area (Å²) in [7, 11) is 0. The van der Waals surface area contributed by atoms with Crippen molar-refractivity contribution in [1.29, 1.82) is 0 Å². The van der Waals surface area contributed by atoms with Gasteiger partial charge in [-0.05, 0) is 22.3 Å². The number of carbonyl (C=O) groups excluding carboxylic acids is 1. The molecule has 1 aliphatic rings. The van der Waals surface area contributed by atoms with E-state index in [-0.39, 0.29) is 24.4 Å². The molecule has 3 atom stereocenters. The molecule has 1 aliphatic heterocycles. The van der Waals surface area contributed by atoms with Gasteiger partial charge in [-0.2, -0.15) is 0 Å². The van der Waals surface area contributed by atoms with Crippen molar-refractivity contribution >= 4 is 16.7 Å². The van der Waals surface area contributed by atoms with Crippen LogP contribution in [-0.4, -0.2) is 29.9 Å². The smallest absolute Gasteiger partial charge is 0.309 e. The normalized spacial score (nSPS) is 22.1. The molecular formula is C20H24O4. The number of hydrogen-bond donors (Lipinski definition) is 1. The Labute approximate surface area is 142 Å². The van der Waals surface area contributed by atoms with Gasteiger partial charge in [-0.25, -0.2) is 0 Å². The standard InChI is InChI=1S/C20H24O4/c1-13(2)17-10-19(24-20(17)22)18(21)12-23-11-15-8-5-7-14-6-3-4-9-16(14)15/h3-9,13,17-19,21H,10-12H2,1-2H3. The summed E-state index contributed by atoms with van der Waals surface area (Å²) in [6.45, 7) is 4.58. The van der Waals surface area contributed by atoms with Crippen molar-refractivity contribution in [3.63, 3.8) is 0 Å². The van der Waals surface area contributed by atoms with E-state index in [0.29, 0.717) is 13.0 Å². The number of esters is 1. The molecule has 0 amide bonds. The zero-order valence-electron chi connectivity index (χ0n) is 14.1. The summed E-state index contributed by atoms with van der Waals surface area (Å²) < 4.78 is 11.0. The van der Waals surface area contributed by atoms with E-state index in [1.165, 1.54) is 5.39 Å². The van der Waals surface area contributed by atoms with Crippen LogP contribution < -0.4 is 0 Å². The van der Waals surface area contributed by atoms with Crippen LogP contribution in [0.1, 0.15) is 25.8 Å². The minimum absolute atomic E-state index is 0.122. The van der Waals surface area contributed by atoms with Crippen LogP contribution in [0.2, 0.25) is 0 Å². The predicted molar refractivity (Wildman–Crippen MR) is 92.4 cm³/mol. The number of fused-ring (bicyclic) bond motifs is 1. The topological polar surface area (TPSA) is 55.8 Å². The molecule has 4 heteroatoms. The van der Waals surface area contributed by atoms with Gasteiger partial charge >= 0.3 is 5.97 Å². The van der Waals surface area contributed by atoms with Gasteiger partial charge in [-0.3, -0.25) is 4.79 Å². The molecule has 0 spiro atoms. The molecule has 128 valence electrons. The first-order valence-electron chi connectivity index (χ1n) is 8.49. The van der Waals surface area contributed by atoms with Crippen LogP contribution >= 0.6 is 0 Å². The van der Waals surface area contributed by atoms with Crippen molar-refractivity contribution < 1.29 is 19.4 Å². The molecule has 0 aromatic heterocycles. The maximum atomic E-state index is 11.8. The van der Waals surface area contributed by atoms with E-state index in [9.17, 15) is 9.90 Å². The van der Waals surface area contributed by atoms with Gasteiger partial charge in [0.1, 0.15) is 12.2 Å². The summed E-state index contributed by atoms with van der Waals surface area (Å²) in [6.07, 6.45) is -0.681. The Hall–Kier alpha value is -1.91. The molecule has 0 saturated carbocycles. The molecule has 0 aliphatic carbocycles. The van der Waals surface area contributed by atoms with Crippen molar-refractivity contribution in [2.24, 2.45) is 11.8 Å². The van der Waals surface area contributed by atoms with E-state index in [1.54, 1.807) is 0 Å². The maximum Gasteiger partial charge on any atom is 0.309 e. The van der Waals surface area contributed by atoms with Crippen LogP contribution in [-0.2, 0) is 20.9 Å². The van der Waals surface area contributed by atoms with Gasteiger partial charge in [-0.15, -0.1) is 0 Å². The second-order valence-electron chi connectivity index (χ2n) is 6.78. The first-order chi connectivity index (χ1) is 11.6. The number of hydrogen-bond acceptors (Lipinski definition) is 4. The van der Waals surface area contributed by atoms with Crippen LogP contribution in [0.3, 0.4) is 0 Å². The highest BCUT2D eigenvalue weighted by Crippen LogP contribution is 2.29. The summed E-state index contributed by atoms with van der Waals surface area (Å²) in [6, 6.07) is 14.2. The summed E-state index contributed by atoms with van der Waals surface area (Å²) in [5, 5.41) is 12.6. The van der Waals surface area contributed by atoms with Crippen LogP contribution in [0.4, 0.5) is 0 Å². The molecule has 1 heterocycles. The summed E-state index contributed by atoms with van der Waals surface area (Å²) >= 11 is 0. The molecule has 24 heavy (non-hydrogen) atoms.